The van der Waals surface area contributed by atoms with E-state index in [-0.39, 0.29) is 22.9 Å². The van der Waals surface area contributed by atoms with Gasteiger partial charge in [0.1, 0.15) is 20.2 Å². The van der Waals surface area contributed by atoms with E-state index in [1.807, 2.05) is 65.3 Å². The van der Waals surface area contributed by atoms with Gasteiger partial charge in [-0.05, 0) is 78.6 Å². The lowest BCUT2D eigenvalue weighted by molar-refractivity contribution is -0.432. The molecule has 0 radical (unpaired) electrons. The van der Waals surface area contributed by atoms with Gasteiger partial charge in [-0.15, -0.1) is 0 Å². The van der Waals surface area contributed by atoms with Crippen molar-refractivity contribution < 1.29 is 30.5 Å². The maximum absolute atomic E-state index is 11.7. The van der Waals surface area contributed by atoms with Crippen LogP contribution in [0.25, 0.3) is 21.5 Å². The lowest BCUT2D eigenvalue weighted by Gasteiger charge is -2.32. The van der Waals surface area contributed by atoms with Gasteiger partial charge in [0.05, 0.1) is 22.1 Å². The Morgan fingerprint density at radius 1 is 0.788 bits per heavy atom. The molecule has 6 rings (SSSR count). The molecule has 0 aliphatic carbocycles. The molecule has 2 aliphatic rings. The van der Waals surface area contributed by atoms with E-state index >= 15 is 0 Å². The van der Waals surface area contributed by atoms with E-state index in [9.17, 15) is 25.9 Å². The minimum atomic E-state index is -4.55. The highest BCUT2D eigenvalue weighted by molar-refractivity contribution is 7.86. The molecule has 52 heavy (non-hydrogen) atoms. The van der Waals surface area contributed by atoms with Crippen molar-refractivity contribution >= 4 is 58.9 Å². The molecule has 0 N–H and O–H groups in total. The van der Waals surface area contributed by atoms with Gasteiger partial charge in [-0.25, -0.2) is 16.8 Å². The summed E-state index contributed by atoms with van der Waals surface area (Å²) in [5.41, 5.74) is 5.63. The largest absolute Gasteiger partial charge is 0.748 e. The van der Waals surface area contributed by atoms with Crippen molar-refractivity contribution in [1.29, 1.82) is 0 Å². The molecular formula is C42H45N2O6S2-. The van der Waals surface area contributed by atoms with Crippen LogP contribution in [0.3, 0.4) is 0 Å². The van der Waals surface area contributed by atoms with Crippen LogP contribution in [-0.2, 0) is 31.1 Å². The first-order valence-corrected chi connectivity index (χ1v) is 20.5. The fraction of sp³-hybridized carbons (Fsp3) is 0.310. The fourth-order valence-corrected chi connectivity index (χ4v) is 9.04. The summed E-state index contributed by atoms with van der Waals surface area (Å²) < 4.78 is 72.0. The van der Waals surface area contributed by atoms with Gasteiger partial charge in [0.25, 0.3) is 0 Å². The lowest BCUT2D eigenvalue weighted by Crippen LogP contribution is -2.40. The zero-order chi connectivity index (χ0) is 37.6. The smallest absolute Gasteiger partial charge is 0.210 e. The van der Waals surface area contributed by atoms with Crippen LogP contribution in [0, 0.1) is 6.92 Å². The average molecular weight is 738 g/mol. The van der Waals surface area contributed by atoms with Crippen LogP contribution < -0.4 is 4.90 Å². The third kappa shape index (κ3) is 7.05. The van der Waals surface area contributed by atoms with E-state index in [1.165, 1.54) is 12.1 Å². The van der Waals surface area contributed by atoms with Gasteiger partial charge >= 0.3 is 0 Å². The Hall–Kier alpha value is -4.35. The van der Waals surface area contributed by atoms with Crippen LogP contribution in [0.1, 0.15) is 57.7 Å². The van der Waals surface area contributed by atoms with Crippen molar-refractivity contribution in [2.75, 3.05) is 23.7 Å². The average Bonchev–Trinajstić information content (AvgIpc) is 3.42. The van der Waals surface area contributed by atoms with Crippen molar-refractivity contribution in [2.45, 2.75) is 69.7 Å². The zero-order valence-corrected chi connectivity index (χ0v) is 32.1. The van der Waals surface area contributed by atoms with Gasteiger partial charge < -0.3 is 14.0 Å². The van der Waals surface area contributed by atoms with E-state index in [0.29, 0.717) is 0 Å². The van der Waals surface area contributed by atoms with Crippen molar-refractivity contribution in [1.82, 2.24) is 0 Å². The predicted molar refractivity (Wildman–Crippen MR) is 209 cm³/mol. The molecule has 8 nitrogen and oxygen atoms in total. The number of hydrogen-bond donors (Lipinski definition) is 0. The maximum Gasteiger partial charge on any atom is 0.210 e. The van der Waals surface area contributed by atoms with Crippen LogP contribution in [-0.4, -0.2) is 61.1 Å². The Morgan fingerprint density at radius 3 is 2.12 bits per heavy atom. The lowest BCUT2D eigenvalue weighted by atomic mass is 9.78. The second-order valence-electron chi connectivity index (χ2n) is 14.8. The first-order chi connectivity index (χ1) is 24.4. The molecule has 10 heteroatoms. The monoisotopic (exact) mass is 737 g/mol. The van der Waals surface area contributed by atoms with Gasteiger partial charge in [0, 0.05) is 35.4 Å². The Balaban J connectivity index is 1.23. The van der Waals surface area contributed by atoms with Crippen LogP contribution in [0.4, 0.5) is 11.4 Å². The van der Waals surface area contributed by atoms with Crippen molar-refractivity contribution in [3.05, 3.63) is 126 Å². The Morgan fingerprint density at radius 2 is 1.42 bits per heavy atom. The molecule has 2 heterocycles. The summed E-state index contributed by atoms with van der Waals surface area (Å²) in [6.07, 6.45) is 16.9. The molecule has 0 fully saturated rings. The number of rotatable bonds is 11. The Labute approximate surface area is 307 Å². The van der Waals surface area contributed by atoms with Crippen LogP contribution in [0.15, 0.2) is 114 Å². The number of aryl methyl sites for hydroxylation is 1. The van der Waals surface area contributed by atoms with Gasteiger partial charge in [0.2, 0.25) is 5.69 Å². The Kier molecular flexibility index (Phi) is 9.99. The number of anilines is 1. The summed E-state index contributed by atoms with van der Waals surface area (Å²) >= 11 is 0. The number of nitrogens with zero attached hydrogens (tertiary/aromatic N) is 2. The third-order valence-electron chi connectivity index (χ3n) is 10.4. The highest BCUT2D eigenvalue weighted by Gasteiger charge is 2.46. The molecule has 0 saturated heterocycles. The summed E-state index contributed by atoms with van der Waals surface area (Å²) in [4.78, 5) is 2.17. The van der Waals surface area contributed by atoms with Gasteiger partial charge in [0.15, 0.2) is 12.3 Å². The topological polar surface area (TPSA) is 121 Å². The highest BCUT2D eigenvalue weighted by atomic mass is 32.2. The molecule has 1 atom stereocenters. The van der Waals surface area contributed by atoms with Crippen molar-refractivity contribution in [3.8, 4) is 0 Å². The summed E-state index contributed by atoms with van der Waals surface area (Å²) in [7, 11) is -8.96. The minimum Gasteiger partial charge on any atom is -0.748 e. The molecule has 0 aromatic heterocycles. The Bertz CT molecular complexity index is 2450. The normalized spacial score (nSPS) is 18.7. The van der Waals surface area contributed by atoms with Crippen LogP contribution in [0.5, 0.6) is 0 Å². The molecule has 0 bridgehead atoms. The van der Waals surface area contributed by atoms with Crippen molar-refractivity contribution in [3.63, 3.8) is 0 Å². The first kappa shape index (κ1) is 37.4. The molecule has 272 valence electrons. The zero-order valence-electron chi connectivity index (χ0n) is 30.5. The summed E-state index contributed by atoms with van der Waals surface area (Å²) in [5, 5.41) is 3.91. The van der Waals surface area contributed by atoms with E-state index in [4.69, 9.17) is 0 Å². The van der Waals surface area contributed by atoms with E-state index in [2.05, 4.69) is 76.8 Å². The molecule has 4 aromatic rings. The molecule has 0 saturated carbocycles. The fourth-order valence-electron chi connectivity index (χ4n) is 8.13. The second-order valence-corrected chi connectivity index (χ2v) is 17.7. The number of benzene rings is 4. The SMILES string of the molecule is CCCN1c2ccc3cc(S(=O)(=O)[O-])ccc3c2C(C)(C)C1/C=C/C=C/C=C/C=C/C1=[N+](CCS(=O)(=O)[O-])c2ccc3cc(C)ccc3c2C1(C)C. The van der Waals surface area contributed by atoms with Gasteiger partial charge in [-0.3, -0.25) is 0 Å². The molecule has 4 aromatic carbocycles. The van der Waals surface area contributed by atoms with Crippen LogP contribution in [0.2, 0.25) is 0 Å². The maximum atomic E-state index is 11.7. The molecule has 0 spiro atoms. The van der Waals surface area contributed by atoms with E-state index < -0.39 is 31.4 Å². The summed E-state index contributed by atoms with van der Waals surface area (Å²) in [6.45, 7) is 13.8. The van der Waals surface area contributed by atoms with E-state index in [1.54, 1.807) is 6.07 Å². The minimum absolute atomic E-state index is 0.0519. The molecule has 1 unspecified atom stereocenters. The van der Waals surface area contributed by atoms with Crippen LogP contribution >= 0.6 is 0 Å². The number of hydrogen-bond acceptors (Lipinski definition) is 7. The first-order valence-electron chi connectivity index (χ1n) is 17.6. The number of fused-ring (bicyclic) bond motifs is 6. The number of allylic oxidation sites excluding steroid dienone is 7. The standard InChI is InChI=1S/C42H46N2O6S2/c1-7-24-43-35-23-18-31-28-32(52(48,49)50)19-21-34(31)40(35)41(3,4)37(43)14-12-10-8-9-11-13-15-38-42(5,6)39-33-20-16-29(2)27-30(33)17-22-36(39)44(38)25-26-51(45,46)47/h8-23,27-28,37H,7,24-26H2,1-6H3,(H-,45,46,47,48,49,50)/p-1/b10-8+,11-9+,14-12+,15-13+. The molecular weight excluding hydrogens is 693 g/mol. The van der Waals surface area contributed by atoms with Crippen molar-refractivity contribution in [2.24, 2.45) is 0 Å². The van der Waals surface area contributed by atoms with E-state index in [0.717, 1.165) is 68.3 Å². The predicted octanol–water partition coefficient (Wildman–Crippen LogP) is 7.93. The molecule has 0 amide bonds. The quantitative estimate of drug-likeness (QED) is 0.0871. The third-order valence-corrected chi connectivity index (χ3v) is 11.9. The second kappa shape index (κ2) is 13.9. The van der Waals surface area contributed by atoms with Gasteiger partial charge in [-0.2, -0.15) is 4.58 Å². The highest BCUT2D eigenvalue weighted by Crippen LogP contribution is 2.49. The molecule has 2 aliphatic heterocycles. The summed E-state index contributed by atoms with van der Waals surface area (Å²) in [6, 6.07) is 19.0. The van der Waals surface area contributed by atoms with Gasteiger partial charge in [-0.1, -0.05) is 99.2 Å². The summed E-state index contributed by atoms with van der Waals surface area (Å²) in [5.74, 6) is -0.488.